The molecule has 1 heterocycles. The summed E-state index contributed by atoms with van der Waals surface area (Å²) < 4.78 is 5.03. The quantitative estimate of drug-likeness (QED) is 0.715. The summed E-state index contributed by atoms with van der Waals surface area (Å²) in [7, 11) is 0. The first-order valence-electron chi connectivity index (χ1n) is 6.07. The molecule has 0 unspecified atom stereocenters. The summed E-state index contributed by atoms with van der Waals surface area (Å²) in [5.41, 5.74) is 5.80. The number of furan rings is 1. The lowest BCUT2D eigenvalue weighted by atomic mass is 10.2. The van der Waals surface area contributed by atoms with E-state index in [-0.39, 0.29) is 6.54 Å². The van der Waals surface area contributed by atoms with Crippen molar-refractivity contribution in [2.24, 2.45) is 5.73 Å². The van der Waals surface area contributed by atoms with Gasteiger partial charge in [0.1, 0.15) is 5.76 Å². The molecule has 0 atom stereocenters. The Labute approximate surface area is 120 Å². The molecule has 2 aromatic rings. The van der Waals surface area contributed by atoms with E-state index in [4.69, 9.17) is 10.2 Å². The monoisotopic (exact) mass is 287 g/mol. The SMILES string of the molecule is NC(=O)c1ccc(NC(=O)C(=O)NCc2ccco2)cc1. The zero-order valence-electron chi connectivity index (χ0n) is 11.0. The lowest BCUT2D eigenvalue weighted by Crippen LogP contribution is -2.34. The van der Waals surface area contributed by atoms with Gasteiger partial charge in [-0.2, -0.15) is 0 Å². The molecule has 0 aliphatic carbocycles. The number of rotatable bonds is 4. The Morgan fingerprint density at radius 3 is 2.33 bits per heavy atom. The van der Waals surface area contributed by atoms with Gasteiger partial charge < -0.3 is 20.8 Å². The number of hydrogen-bond donors (Lipinski definition) is 3. The number of nitrogens with one attached hydrogen (secondary N) is 2. The van der Waals surface area contributed by atoms with E-state index in [1.54, 1.807) is 12.1 Å². The largest absolute Gasteiger partial charge is 0.467 e. The highest BCUT2D eigenvalue weighted by Crippen LogP contribution is 2.09. The molecule has 2 rings (SSSR count). The first kappa shape index (κ1) is 14.3. The van der Waals surface area contributed by atoms with Crippen molar-refractivity contribution in [3.05, 3.63) is 54.0 Å². The van der Waals surface area contributed by atoms with E-state index < -0.39 is 17.7 Å². The van der Waals surface area contributed by atoms with Crippen LogP contribution < -0.4 is 16.4 Å². The van der Waals surface area contributed by atoms with Crippen LogP contribution in [-0.2, 0) is 16.1 Å². The number of carbonyl (C=O) groups excluding carboxylic acids is 3. The van der Waals surface area contributed by atoms with Crippen molar-refractivity contribution in [2.75, 3.05) is 5.32 Å². The minimum absolute atomic E-state index is 0.125. The molecule has 0 radical (unpaired) electrons. The third kappa shape index (κ3) is 3.93. The maximum atomic E-state index is 11.6. The lowest BCUT2D eigenvalue weighted by molar-refractivity contribution is -0.136. The Morgan fingerprint density at radius 1 is 1.05 bits per heavy atom. The Hall–Kier alpha value is -3.09. The second-order valence-corrected chi connectivity index (χ2v) is 4.16. The topological polar surface area (TPSA) is 114 Å². The van der Waals surface area contributed by atoms with E-state index in [1.165, 1.54) is 30.5 Å². The molecule has 0 saturated heterocycles. The molecule has 1 aromatic heterocycles. The van der Waals surface area contributed by atoms with Gasteiger partial charge in [-0.3, -0.25) is 14.4 Å². The van der Waals surface area contributed by atoms with Crippen molar-refractivity contribution >= 4 is 23.4 Å². The van der Waals surface area contributed by atoms with E-state index in [9.17, 15) is 14.4 Å². The number of benzene rings is 1. The Morgan fingerprint density at radius 2 is 1.76 bits per heavy atom. The smallest absolute Gasteiger partial charge is 0.313 e. The minimum atomic E-state index is -0.812. The fraction of sp³-hybridized carbons (Fsp3) is 0.0714. The summed E-state index contributed by atoms with van der Waals surface area (Å²) in [6, 6.07) is 9.25. The fourth-order valence-corrected chi connectivity index (χ4v) is 1.57. The van der Waals surface area contributed by atoms with Gasteiger partial charge in [0, 0.05) is 11.3 Å². The van der Waals surface area contributed by atoms with Crippen molar-refractivity contribution in [1.29, 1.82) is 0 Å². The van der Waals surface area contributed by atoms with Gasteiger partial charge in [-0.05, 0) is 36.4 Å². The van der Waals surface area contributed by atoms with Gasteiger partial charge in [-0.1, -0.05) is 0 Å². The molecule has 0 spiro atoms. The van der Waals surface area contributed by atoms with Crippen LogP contribution in [-0.4, -0.2) is 17.7 Å². The normalized spacial score (nSPS) is 9.90. The van der Waals surface area contributed by atoms with Crippen LogP contribution >= 0.6 is 0 Å². The summed E-state index contributed by atoms with van der Waals surface area (Å²) >= 11 is 0. The van der Waals surface area contributed by atoms with Crippen molar-refractivity contribution in [1.82, 2.24) is 5.32 Å². The van der Waals surface area contributed by atoms with E-state index in [2.05, 4.69) is 10.6 Å². The highest BCUT2D eigenvalue weighted by Gasteiger charge is 2.14. The van der Waals surface area contributed by atoms with Gasteiger partial charge in [0.2, 0.25) is 5.91 Å². The molecule has 0 aliphatic rings. The van der Waals surface area contributed by atoms with E-state index in [1.807, 2.05) is 0 Å². The van der Waals surface area contributed by atoms with Gasteiger partial charge >= 0.3 is 11.8 Å². The highest BCUT2D eigenvalue weighted by atomic mass is 16.3. The van der Waals surface area contributed by atoms with Crippen LogP contribution in [0.15, 0.2) is 47.1 Å². The Bertz CT molecular complexity index is 647. The molecule has 0 aliphatic heterocycles. The highest BCUT2D eigenvalue weighted by molar-refractivity contribution is 6.39. The third-order valence-electron chi connectivity index (χ3n) is 2.64. The van der Waals surface area contributed by atoms with Crippen molar-refractivity contribution in [2.45, 2.75) is 6.54 Å². The second-order valence-electron chi connectivity index (χ2n) is 4.16. The molecule has 0 bridgehead atoms. The molecule has 3 amide bonds. The van der Waals surface area contributed by atoms with Crippen LogP contribution in [0.3, 0.4) is 0 Å². The van der Waals surface area contributed by atoms with Crippen molar-refractivity contribution in [3.63, 3.8) is 0 Å². The predicted molar refractivity (Wildman–Crippen MR) is 74.1 cm³/mol. The summed E-state index contributed by atoms with van der Waals surface area (Å²) in [6.45, 7) is 0.125. The number of amides is 3. The summed E-state index contributed by atoms with van der Waals surface area (Å²) in [5.74, 6) is -1.62. The molecule has 7 heteroatoms. The molecule has 1 aromatic carbocycles. The lowest BCUT2D eigenvalue weighted by Gasteiger charge is -2.06. The van der Waals surface area contributed by atoms with Gasteiger partial charge in [0.15, 0.2) is 0 Å². The molecular weight excluding hydrogens is 274 g/mol. The number of nitrogens with two attached hydrogens (primary N) is 1. The predicted octanol–water partition coefficient (Wildman–Crippen LogP) is 0.633. The zero-order chi connectivity index (χ0) is 15.2. The van der Waals surface area contributed by atoms with Gasteiger partial charge in [-0.25, -0.2) is 0 Å². The van der Waals surface area contributed by atoms with E-state index in [0.29, 0.717) is 17.0 Å². The number of primary amides is 1. The van der Waals surface area contributed by atoms with Gasteiger partial charge in [0.25, 0.3) is 0 Å². The second kappa shape index (κ2) is 6.38. The first-order valence-corrected chi connectivity index (χ1v) is 6.07. The average molecular weight is 287 g/mol. The molecule has 0 fully saturated rings. The summed E-state index contributed by atoms with van der Waals surface area (Å²) in [4.78, 5) is 34.1. The molecule has 0 saturated carbocycles. The maximum absolute atomic E-state index is 11.6. The molecule has 21 heavy (non-hydrogen) atoms. The standard InChI is InChI=1S/C14H13N3O4/c15-12(18)9-3-5-10(6-4-9)17-14(20)13(19)16-8-11-2-1-7-21-11/h1-7H,8H2,(H2,15,18)(H,16,19)(H,17,20). The number of hydrogen-bond acceptors (Lipinski definition) is 4. The fourth-order valence-electron chi connectivity index (χ4n) is 1.57. The van der Waals surface area contributed by atoms with Crippen molar-refractivity contribution < 1.29 is 18.8 Å². The minimum Gasteiger partial charge on any atom is -0.467 e. The van der Waals surface area contributed by atoms with E-state index in [0.717, 1.165) is 0 Å². The third-order valence-corrected chi connectivity index (χ3v) is 2.64. The van der Waals surface area contributed by atoms with Crippen LogP contribution in [0.5, 0.6) is 0 Å². The van der Waals surface area contributed by atoms with Crippen LogP contribution in [0.4, 0.5) is 5.69 Å². The molecular formula is C14H13N3O4. The Balaban J connectivity index is 1.88. The summed E-state index contributed by atoms with van der Waals surface area (Å²) in [6.07, 6.45) is 1.47. The molecule has 108 valence electrons. The van der Waals surface area contributed by atoms with Crippen LogP contribution in [0.2, 0.25) is 0 Å². The molecule has 4 N–H and O–H groups in total. The van der Waals surface area contributed by atoms with Gasteiger partial charge in [-0.15, -0.1) is 0 Å². The van der Waals surface area contributed by atoms with Crippen LogP contribution in [0.1, 0.15) is 16.1 Å². The average Bonchev–Trinajstić information content (AvgIpc) is 2.98. The number of anilines is 1. The number of carbonyl (C=O) groups is 3. The first-order chi connectivity index (χ1) is 10.1. The summed E-state index contributed by atoms with van der Waals surface area (Å²) in [5, 5.41) is 4.82. The molecule has 7 nitrogen and oxygen atoms in total. The van der Waals surface area contributed by atoms with E-state index >= 15 is 0 Å². The Kier molecular flexibility index (Phi) is 4.35. The van der Waals surface area contributed by atoms with Gasteiger partial charge in [0.05, 0.1) is 12.8 Å². The van der Waals surface area contributed by atoms with Crippen LogP contribution in [0.25, 0.3) is 0 Å². The van der Waals surface area contributed by atoms with Crippen LogP contribution in [0, 0.1) is 0 Å². The van der Waals surface area contributed by atoms with Crippen molar-refractivity contribution in [3.8, 4) is 0 Å². The maximum Gasteiger partial charge on any atom is 0.313 e. The zero-order valence-corrected chi connectivity index (χ0v) is 11.0.